The van der Waals surface area contributed by atoms with E-state index in [4.69, 9.17) is 4.74 Å². The van der Waals surface area contributed by atoms with Gasteiger partial charge in [-0.2, -0.15) is 0 Å². The van der Waals surface area contributed by atoms with Gasteiger partial charge in [0.1, 0.15) is 6.10 Å². The molecule has 1 aliphatic heterocycles. The zero-order chi connectivity index (χ0) is 13.7. The number of hydrogen-bond acceptors (Lipinski definition) is 2. The lowest BCUT2D eigenvalue weighted by molar-refractivity contribution is 0.0850. The highest BCUT2D eigenvalue weighted by Crippen LogP contribution is 2.56. The maximum Gasteiger partial charge on any atom is 0.198 e. The number of fused-ring (bicyclic) bond motifs is 1. The van der Waals surface area contributed by atoms with Crippen molar-refractivity contribution in [3.8, 4) is 0 Å². The smallest absolute Gasteiger partial charge is 0.198 e. The number of carbonyl (C=O) groups is 1. The van der Waals surface area contributed by atoms with Crippen molar-refractivity contribution in [1.29, 1.82) is 0 Å². The Morgan fingerprint density at radius 3 is 2.65 bits per heavy atom. The van der Waals surface area contributed by atoms with Gasteiger partial charge in [-0.3, -0.25) is 4.79 Å². The average molecular weight is 264 g/mol. The fourth-order valence-electron chi connectivity index (χ4n) is 3.24. The summed E-state index contributed by atoms with van der Waals surface area (Å²) in [6.07, 6.45) is 1.65. The Morgan fingerprint density at radius 1 is 1.10 bits per heavy atom. The van der Waals surface area contributed by atoms with Crippen LogP contribution in [0.25, 0.3) is 0 Å². The summed E-state index contributed by atoms with van der Waals surface area (Å²) in [6, 6.07) is 16.2. The molecular formula is C18H16O2. The predicted octanol–water partition coefficient (Wildman–Crippen LogP) is 3.63. The van der Waals surface area contributed by atoms with Crippen LogP contribution in [0.5, 0.6) is 0 Å². The lowest BCUT2D eigenvalue weighted by Gasteiger charge is -2.20. The summed E-state index contributed by atoms with van der Waals surface area (Å²) in [5.74, 6) is 0.157. The number of aryl methyl sites for hydroxylation is 2. The lowest BCUT2D eigenvalue weighted by Crippen LogP contribution is -2.31. The van der Waals surface area contributed by atoms with Gasteiger partial charge in [-0.25, -0.2) is 0 Å². The minimum atomic E-state index is -0.594. The van der Waals surface area contributed by atoms with Crippen molar-refractivity contribution in [3.63, 3.8) is 0 Å². The van der Waals surface area contributed by atoms with Crippen LogP contribution in [-0.2, 0) is 11.2 Å². The number of epoxide rings is 1. The second kappa shape index (κ2) is 4.03. The maximum absolute atomic E-state index is 12.7. The van der Waals surface area contributed by atoms with Crippen LogP contribution in [0.4, 0.5) is 0 Å². The summed E-state index contributed by atoms with van der Waals surface area (Å²) in [5.41, 5.74) is 3.74. The van der Waals surface area contributed by atoms with Gasteiger partial charge >= 0.3 is 0 Å². The van der Waals surface area contributed by atoms with E-state index in [1.54, 1.807) is 0 Å². The average Bonchev–Trinajstić information content (AvgIpc) is 3.20. The molecule has 0 amide bonds. The van der Waals surface area contributed by atoms with Crippen molar-refractivity contribution in [2.24, 2.45) is 0 Å². The standard InChI is InChI=1S/C18H16O2/c1-12-6-8-14(9-7-12)17-18(20-17)11-10-13-4-2-3-5-15(13)16(18)19/h2-9,17H,10-11H2,1H3/t17-,18+/m1/s1. The maximum atomic E-state index is 12.7. The Hall–Kier alpha value is -1.93. The van der Waals surface area contributed by atoms with Crippen molar-refractivity contribution in [1.82, 2.24) is 0 Å². The Kier molecular flexibility index (Phi) is 2.39. The highest BCUT2D eigenvalue weighted by Gasteiger charge is 2.63. The molecule has 4 rings (SSSR count). The zero-order valence-corrected chi connectivity index (χ0v) is 11.4. The van der Waals surface area contributed by atoms with Crippen LogP contribution in [0.1, 0.15) is 39.6 Å². The van der Waals surface area contributed by atoms with Gasteiger partial charge in [0.15, 0.2) is 11.4 Å². The van der Waals surface area contributed by atoms with Gasteiger partial charge in [0.25, 0.3) is 0 Å². The summed E-state index contributed by atoms with van der Waals surface area (Å²) >= 11 is 0. The molecule has 0 saturated carbocycles. The molecule has 1 fully saturated rings. The molecule has 0 radical (unpaired) electrons. The molecule has 2 aromatic carbocycles. The monoisotopic (exact) mass is 264 g/mol. The van der Waals surface area contributed by atoms with E-state index in [-0.39, 0.29) is 11.9 Å². The summed E-state index contributed by atoms with van der Waals surface area (Å²) in [5, 5.41) is 0. The van der Waals surface area contributed by atoms with Crippen LogP contribution in [0, 0.1) is 6.92 Å². The van der Waals surface area contributed by atoms with Gasteiger partial charge in [-0.15, -0.1) is 0 Å². The summed E-state index contributed by atoms with van der Waals surface area (Å²) in [7, 11) is 0. The van der Waals surface area contributed by atoms with Gasteiger partial charge < -0.3 is 4.74 Å². The zero-order valence-electron chi connectivity index (χ0n) is 11.4. The molecule has 1 spiro atoms. The van der Waals surface area contributed by atoms with Crippen LogP contribution in [-0.4, -0.2) is 11.4 Å². The summed E-state index contributed by atoms with van der Waals surface area (Å²) in [4.78, 5) is 12.7. The fourth-order valence-corrected chi connectivity index (χ4v) is 3.24. The quantitative estimate of drug-likeness (QED) is 0.736. The van der Waals surface area contributed by atoms with E-state index in [9.17, 15) is 4.79 Å². The Morgan fingerprint density at radius 2 is 1.85 bits per heavy atom. The molecule has 1 heterocycles. The third-order valence-corrected chi connectivity index (χ3v) is 4.49. The van der Waals surface area contributed by atoms with E-state index in [0.29, 0.717) is 0 Å². The van der Waals surface area contributed by atoms with Crippen LogP contribution in [0.15, 0.2) is 48.5 Å². The van der Waals surface area contributed by atoms with Gasteiger partial charge in [-0.1, -0.05) is 54.1 Å². The molecule has 2 aliphatic rings. The van der Waals surface area contributed by atoms with Gasteiger partial charge in [0.2, 0.25) is 0 Å². The first kappa shape index (κ1) is 11.9. The predicted molar refractivity (Wildman–Crippen MR) is 76.8 cm³/mol. The molecule has 2 aromatic rings. The lowest BCUT2D eigenvalue weighted by atomic mass is 9.79. The number of ether oxygens (including phenoxy) is 1. The molecule has 20 heavy (non-hydrogen) atoms. The molecular weight excluding hydrogens is 248 g/mol. The second-order valence-corrected chi connectivity index (χ2v) is 5.78. The molecule has 0 unspecified atom stereocenters. The van der Waals surface area contributed by atoms with Crippen molar-refractivity contribution >= 4 is 5.78 Å². The number of carbonyl (C=O) groups excluding carboxylic acids is 1. The number of ketones is 1. The SMILES string of the molecule is Cc1ccc([C@H]2O[C@]23CCc2ccccc2C3=O)cc1. The molecule has 1 aliphatic carbocycles. The Bertz CT molecular complexity index is 687. The van der Waals surface area contributed by atoms with Gasteiger partial charge in [0, 0.05) is 5.56 Å². The second-order valence-electron chi connectivity index (χ2n) is 5.78. The minimum Gasteiger partial charge on any atom is -0.352 e. The van der Waals surface area contributed by atoms with Crippen molar-refractivity contribution in [3.05, 3.63) is 70.8 Å². The molecule has 2 atom stereocenters. The fraction of sp³-hybridized carbons (Fsp3) is 0.278. The third kappa shape index (κ3) is 1.58. The molecule has 0 aromatic heterocycles. The Labute approximate surface area is 118 Å². The first-order valence-electron chi connectivity index (χ1n) is 7.08. The molecule has 2 nitrogen and oxygen atoms in total. The van der Waals surface area contributed by atoms with E-state index in [1.165, 1.54) is 5.56 Å². The van der Waals surface area contributed by atoms with E-state index >= 15 is 0 Å². The number of benzene rings is 2. The summed E-state index contributed by atoms with van der Waals surface area (Å²) < 4.78 is 5.89. The van der Waals surface area contributed by atoms with Gasteiger partial charge in [0.05, 0.1) is 0 Å². The van der Waals surface area contributed by atoms with Crippen molar-refractivity contribution in [2.45, 2.75) is 31.5 Å². The van der Waals surface area contributed by atoms with Crippen LogP contribution >= 0.6 is 0 Å². The number of hydrogen-bond donors (Lipinski definition) is 0. The molecule has 0 N–H and O–H groups in total. The van der Waals surface area contributed by atoms with E-state index in [2.05, 4.69) is 31.2 Å². The normalized spacial score (nSPS) is 27.4. The van der Waals surface area contributed by atoms with E-state index < -0.39 is 5.60 Å². The molecule has 1 saturated heterocycles. The van der Waals surface area contributed by atoms with Crippen LogP contribution in [0.2, 0.25) is 0 Å². The highest BCUT2D eigenvalue weighted by molar-refractivity contribution is 6.07. The minimum absolute atomic E-state index is 0.0658. The van der Waals surface area contributed by atoms with E-state index in [0.717, 1.165) is 29.5 Å². The first-order chi connectivity index (χ1) is 9.71. The summed E-state index contributed by atoms with van der Waals surface area (Å²) in [6.45, 7) is 2.06. The van der Waals surface area contributed by atoms with Crippen molar-refractivity contribution in [2.75, 3.05) is 0 Å². The Balaban J connectivity index is 1.69. The topological polar surface area (TPSA) is 29.6 Å². The van der Waals surface area contributed by atoms with Crippen LogP contribution < -0.4 is 0 Å². The third-order valence-electron chi connectivity index (χ3n) is 4.49. The van der Waals surface area contributed by atoms with Gasteiger partial charge in [-0.05, 0) is 30.9 Å². The molecule has 100 valence electrons. The molecule has 2 heteroatoms. The molecule has 0 bridgehead atoms. The van der Waals surface area contributed by atoms with E-state index in [1.807, 2.05) is 24.3 Å². The first-order valence-corrected chi connectivity index (χ1v) is 7.08. The van der Waals surface area contributed by atoms with Crippen molar-refractivity contribution < 1.29 is 9.53 Å². The largest absolute Gasteiger partial charge is 0.352 e. The number of Topliss-reactive ketones (excluding diaryl/α,β-unsaturated/α-hetero) is 1. The highest BCUT2D eigenvalue weighted by atomic mass is 16.6. The van der Waals surface area contributed by atoms with Crippen LogP contribution in [0.3, 0.4) is 0 Å². The number of rotatable bonds is 1.